The summed E-state index contributed by atoms with van der Waals surface area (Å²) in [5, 5.41) is 1.93. The van der Waals surface area contributed by atoms with E-state index in [-0.39, 0.29) is 5.92 Å². The SMILES string of the molecule is CC(C)c1ccc(CC(CN)c2c[nH]c3ccc(Cl)cc23)cc1. The number of nitrogens with two attached hydrogens (primary N) is 1. The van der Waals surface area contributed by atoms with Crippen molar-refractivity contribution >= 4 is 22.5 Å². The zero-order valence-electron chi connectivity index (χ0n) is 13.6. The first kappa shape index (κ1) is 16.1. The van der Waals surface area contributed by atoms with E-state index in [0.717, 1.165) is 17.0 Å². The third-order valence-electron chi connectivity index (χ3n) is 4.53. The van der Waals surface area contributed by atoms with Crippen molar-refractivity contribution in [2.24, 2.45) is 5.73 Å². The highest BCUT2D eigenvalue weighted by atomic mass is 35.5. The molecule has 3 aromatic rings. The molecule has 3 heteroatoms. The zero-order valence-corrected chi connectivity index (χ0v) is 14.4. The minimum Gasteiger partial charge on any atom is -0.361 e. The van der Waals surface area contributed by atoms with E-state index in [1.807, 2.05) is 18.2 Å². The highest BCUT2D eigenvalue weighted by molar-refractivity contribution is 6.31. The first-order chi connectivity index (χ1) is 11.1. The standard InChI is InChI=1S/C20H23ClN2/c1-13(2)15-5-3-14(4-6-15)9-16(11-22)19-12-23-20-8-7-17(21)10-18(19)20/h3-8,10,12-13,16,23H,9,11,22H2,1-2H3. The van der Waals surface area contributed by atoms with Crippen LogP contribution in [-0.4, -0.2) is 11.5 Å². The number of fused-ring (bicyclic) bond motifs is 1. The van der Waals surface area contributed by atoms with E-state index in [0.29, 0.717) is 12.5 Å². The number of benzene rings is 2. The summed E-state index contributed by atoms with van der Waals surface area (Å²) in [5.41, 5.74) is 11.1. The quantitative estimate of drug-likeness (QED) is 0.662. The number of H-pyrrole nitrogens is 1. The number of hydrogen-bond donors (Lipinski definition) is 2. The Morgan fingerprint density at radius 3 is 2.48 bits per heavy atom. The molecule has 3 rings (SSSR count). The first-order valence-corrected chi connectivity index (χ1v) is 8.51. The van der Waals surface area contributed by atoms with Gasteiger partial charge in [0.2, 0.25) is 0 Å². The summed E-state index contributed by atoms with van der Waals surface area (Å²) in [5.74, 6) is 0.845. The molecule has 0 fully saturated rings. The van der Waals surface area contributed by atoms with Gasteiger partial charge < -0.3 is 10.7 Å². The van der Waals surface area contributed by atoms with Crippen molar-refractivity contribution in [1.29, 1.82) is 0 Å². The molecule has 3 N–H and O–H groups in total. The third-order valence-corrected chi connectivity index (χ3v) is 4.76. The number of rotatable bonds is 5. The van der Waals surface area contributed by atoms with E-state index in [1.54, 1.807) is 0 Å². The molecule has 1 heterocycles. The molecule has 0 bridgehead atoms. The van der Waals surface area contributed by atoms with Gasteiger partial charge in [0.25, 0.3) is 0 Å². The summed E-state index contributed by atoms with van der Waals surface area (Å²) >= 11 is 6.16. The Morgan fingerprint density at radius 1 is 1.09 bits per heavy atom. The van der Waals surface area contributed by atoms with Crippen LogP contribution in [-0.2, 0) is 6.42 Å². The minimum absolute atomic E-state index is 0.284. The second-order valence-corrected chi connectivity index (χ2v) is 6.90. The smallest absolute Gasteiger partial charge is 0.0457 e. The van der Waals surface area contributed by atoms with Crippen LogP contribution in [0.25, 0.3) is 10.9 Å². The Hall–Kier alpha value is -1.77. The molecule has 0 amide bonds. The predicted molar refractivity (Wildman–Crippen MR) is 99.3 cm³/mol. The molecule has 0 radical (unpaired) electrons. The predicted octanol–water partition coefficient (Wildman–Crippen LogP) is 5.23. The van der Waals surface area contributed by atoms with Gasteiger partial charge in [-0.1, -0.05) is 49.7 Å². The van der Waals surface area contributed by atoms with Crippen molar-refractivity contribution in [3.05, 3.63) is 70.4 Å². The van der Waals surface area contributed by atoms with Crippen LogP contribution >= 0.6 is 11.6 Å². The number of aromatic amines is 1. The summed E-state index contributed by atoms with van der Waals surface area (Å²) in [4.78, 5) is 3.33. The molecule has 120 valence electrons. The van der Waals surface area contributed by atoms with Gasteiger partial charge in [0.15, 0.2) is 0 Å². The average molecular weight is 327 g/mol. The van der Waals surface area contributed by atoms with Crippen LogP contribution in [0.2, 0.25) is 5.02 Å². The van der Waals surface area contributed by atoms with E-state index in [1.165, 1.54) is 22.1 Å². The lowest BCUT2D eigenvalue weighted by Crippen LogP contribution is -2.14. The highest BCUT2D eigenvalue weighted by Gasteiger charge is 2.15. The molecule has 1 atom stereocenters. The Bertz CT molecular complexity index is 787. The topological polar surface area (TPSA) is 41.8 Å². The van der Waals surface area contributed by atoms with Crippen LogP contribution in [0.1, 0.15) is 42.4 Å². The Kier molecular flexibility index (Phi) is 4.74. The van der Waals surface area contributed by atoms with Gasteiger partial charge in [0.05, 0.1) is 0 Å². The van der Waals surface area contributed by atoms with E-state index >= 15 is 0 Å². The second kappa shape index (κ2) is 6.77. The Balaban J connectivity index is 1.88. The van der Waals surface area contributed by atoms with Crippen molar-refractivity contribution in [2.45, 2.75) is 32.1 Å². The Labute approximate surface area is 142 Å². The van der Waals surface area contributed by atoms with Gasteiger partial charge in [-0.05, 0) is 53.8 Å². The third kappa shape index (κ3) is 3.44. The summed E-state index contributed by atoms with van der Waals surface area (Å²) in [7, 11) is 0. The fourth-order valence-corrected chi connectivity index (χ4v) is 3.27. The molecular formula is C20H23ClN2. The van der Waals surface area contributed by atoms with Crippen LogP contribution in [0.15, 0.2) is 48.7 Å². The second-order valence-electron chi connectivity index (χ2n) is 6.47. The summed E-state index contributed by atoms with van der Waals surface area (Å²) < 4.78 is 0. The monoisotopic (exact) mass is 326 g/mol. The normalized spacial score (nSPS) is 12.9. The molecule has 0 aliphatic heterocycles. The molecule has 0 spiro atoms. The van der Waals surface area contributed by atoms with Gasteiger partial charge in [-0.25, -0.2) is 0 Å². The van der Waals surface area contributed by atoms with Crippen molar-refractivity contribution in [3.8, 4) is 0 Å². The van der Waals surface area contributed by atoms with Gasteiger partial charge in [-0.3, -0.25) is 0 Å². The van der Waals surface area contributed by atoms with E-state index in [4.69, 9.17) is 17.3 Å². The van der Waals surface area contributed by atoms with Crippen molar-refractivity contribution < 1.29 is 0 Å². The summed E-state index contributed by atoms with van der Waals surface area (Å²) in [6, 6.07) is 14.8. The lowest BCUT2D eigenvalue weighted by atomic mass is 9.91. The molecule has 1 unspecified atom stereocenters. The molecule has 0 saturated carbocycles. The summed E-state index contributed by atoms with van der Waals surface area (Å²) in [6.45, 7) is 5.05. The van der Waals surface area contributed by atoms with Crippen LogP contribution in [0.5, 0.6) is 0 Å². The maximum Gasteiger partial charge on any atom is 0.0457 e. The molecule has 0 aliphatic carbocycles. The molecular weight excluding hydrogens is 304 g/mol. The average Bonchev–Trinajstić information content (AvgIpc) is 2.96. The van der Waals surface area contributed by atoms with Gasteiger partial charge in [-0.15, -0.1) is 0 Å². The summed E-state index contributed by atoms with van der Waals surface area (Å²) in [6.07, 6.45) is 3.01. The molecule has 0 aliphatic rings. The van der Waals surface area contributed by atoms with E-state index in [9.17, 15) is 0 Å². The molecule has 2 aromatic carbocycles. The van der Waals surface area contributed by atoms with Crippen molar-refractivity contribution in [2.75, 3.05) is 6.54 Å². The minimum atomic E-state index is 0.284. The molecule has 23 heavy (non-hydrogen) atoms. The van der Waals surface area contributed by atoms with Gasteiger partial charge in [0, 0.05) is 28.0 Å². The zero-order chi connectivity index (χ0) is 16.4. The molecule has 2 nitrogen and oxygen atoms in total. The van der Waals surface area contributed by atoms with Gasteiger partial charge in [-0.2, -0.15) is 0 Å². The van der Waals surface area contributed by atoms with E-state index in [2.05, 4.69) is 49.3 Å². The fourth-order valence-electron chi connectivity index (χ4n) is 3.10. The molecule has 1 aromatic heterocycles. The van der Waals surface area contributed by atoms with Crippen LogP contribution in [0.3, 0.4) is 0 Å². The number of aromatic nitrogens is 1. The molecule has 0 saturated heterocycles. The highest BCUT2D eigenvalue weighted by Crippen LogP contribution is 2.30. The number of halogens is 1. The van der Waals surface area contributed by atoms with Gasteiger partial charge >= 0.3 is 0 Å². The van der Waals surface area contributed by atoms with Crippen LogP contribution in [0, 0.1) is 0 Å². The number of nitrogens with one attached hydrogen (secondary N) is 1. The van der Waals surface area contributed by atoms with E-state index < -0.39 is 0 Å². The Morgan fingerprint density at radius 2 is 1.83 bits per heavy atom. The van der Waals surface area contributed by atoms with Crippen LogP contribution in [0.4, 0.5) is 0 Å². The van der Waals surface area contributed by atoms with Crippen molar-refractivity contribution in [3.63, 3.8) is 0 Å². The van der Waals surface area contributed by atoms with Gasteiger partial charge in [0.1, 0.15) is 0 Å². The lowest BCUT2D eigenvalue weighted by Gasteiger charge is -2.15. The maximum absolute atomic E-state index is 6.16. The maximum atomic E-state index is 6.16. The number of hydrogen-bond acceptors (Lipinski definition) is 1. The lowest BCUT2D eigenvalue weighted by molar-refractivity contribution is 0.699. The first-order valence-electron chi connectivity index (χ1n) is 8.14. The fraction of sp³-hybridized carbons (Fsp3) is 0.300. The van der Waals surface area contributed by atoms with Crippen LogP contribution < -0.4 is 5.73 Å². The largest absolute Gasteiger partial charge is 0.361 e. The van der Waals surface area contributed by atoms with Crippen molar-refractivity contribution in [1.82, 2.24) is 4.98 Å².